The number of alkyl carbamates (subject to hydrolysis) is 1. The van der Waals surface area contributed by atoms with Crippen molar-refractivity contribution >= 4 is 17.6 Å². The van der Waals surface area contributed by atoms with Crippen LogP contribution in [0.2, 0.25) is 0 Å². The van der Waals surface area contributed by atoms with Crippen molar-refractivity contribution in [3.63, 3.8) is 0 Å². The van der Waals surface area contributed by atoms with Gasteiger partial charge < -0.3 is 15.4 Å². The molecule has 1 aromatic carbocycles. The Balaban J connectivity index is 2.69. The van der Waals surface area contributed by atoms with Gasteiger partial charge in [-0.25, -0.2) is 4.79 Å². The first kappa shape index (κ1) is 15.0. The Morgan fingerprint density at radius 2 is 1.84 bits per heavy atom. The number of benzene rings is 1. The number of rotatable bonds is 6. The highest BCUT2D eigenvalue weighted by Crippen LogP contribution is 2.10. The second kappa shape index (κ2) is 7.41. The Hall–Kier alpha value is -2.04. The van der Waals surface area contributed by atoms with Crippen molar-refractivity contribution in [1.29, 1.82) is 0 Å². The predicted molar refractivity (Wildman–Crippen MR) is 73.9 cm³/mol. The van der Waals surface area contributed by atoms with Gasteiger partial charge in [0.1, 0.15) is 11.9 Å². The van der Waals surface area contributed by atoms with E-state index in [0.29, 0.717) is 0 Å². The number of ketones is 1. The number of hydrogen-bond acceptors (Lipinski definition) is 4. The SMILES string of the molecule is COC(=O)N[C@@H](CC(=O)C(C)C)Nc1ccccc1. The zero-order chi connectivity index (χ0) is 14.3. The fourth-order valence-corrected chi connectivity index (χ4v) is 1.51. The van der Waals surface area contributed by atoms with Gasteiger partial charge in [-0.2, -0.15) is 0 Å². The van der Waals surface area contributed by atoms with E-state index in [1.165, 1.54) is 7.11 Å². The average molecular weight is 264 g/mol. The molecule has 0 spiro atoms. The first-order valence-corrected chi connectivity index (χ1v) is 6.21. The fraction of sp³-hybridized carbons (Fsp3) is 0.429. The van der Waals surface area contributed by atoms with Crippen LogP contribution in [0.3, 0.4) is 0 Å². The topological polar surface area (TPSA) is 67.4 Å². The summed E-state index contributed by atoms with van der Waals surface area (Å²) in [6.45, 7) is 3.67. The van der Waals surface area contributed by atoms with Crippen LogP contribution in [0.15, 0.2) is 30.3 Å². The Morgan fingerprint density at radius 1 is 1.21 bits per heavy atom. The van der Waals surface area contributed by atoms with E-state index in [-0.39, 0.29) is 18.1 Å². The number of para-hydroxylation sites is 1. The van der Waals surface area contributed by atoms with Crippen molar-refractivity contribution in [3.05, 3.63) is 30.3 Å². The van der Waals surface area contributed by atoms with Gasteiger partial charge in [0.2, 0.25) is 0 Å². The quantitative estimate of drug-likeness (QED) is 0.774. The average Bonchev–Trinajstić information content (AvgIpc) is 2.39. The fourth-order valence-electron chi connectivity index (χ4n) is 1.51. The largest absolute Gasteiger partial charge is 0.453 e. The summed E-state index contributed by atoms with van der Waals surface area (Å²) in [5.74, 6) is 0.00403. The summed E-state index contributed by atoms with van der Waals surface area (Å²) in [4.78, 5) is 23.1. The van der Waals surface area contributed by atoms with Crippen molar-refractivity contribution in [2.45, 2.75) is 26.4 Å². The molecule has 104 valence electrons. The lowest BCUT2D eigenvalue weighted by Gasteiger charge is -2.20. The molecule has 0 heterocycles. The number of amides is 1. The third-order valence-corrected chi connectivity index (χ3v) is 2.64. The molecule has 0 aliphatic heterocycles. The van der Waals surface area contributed by atoms with Gasteiger partial charge in [0.25, 0.3) is 0 Å². The molecule has 0 aliphatic carbocycles. The molecular formula is C14H20N2O3. The van der Waals surface area contributed by atoms with Gasteiger partial charge in [-0.3, -0.25) is 4.79 Å². The monoisotopic (exact) mass is 264 g/mol. The Morgan fingerprint density at radius 3 is 2.37 bits per heavy atom. The van der Waals surface area contributed by atoms with Crippen molar-refractivity contribution in [2.24, 2.45) is 5.92 Å². The first-order valence-electron chi connectivity index (χ1n) is 6.21. The number of methoxy groups -OCH3 is 1. The Labute approximate surface area is 113 Å². The number of ether oxygens (including phenoxy) is 1. The van der Waals surface area contributed by atoms with Gasteiger partial charge in [0.05, 0.1) is 7.11 Å². The molecule has 0 radical (unpaired) electrons. The highest BCUT2D eigenvalue weighted by molar-refractivity contribution is 5.82. The van der Waals surface area contributed by atoms with E-state index in [0.717, 1.165) is 5.69 Å². The minimum atomic E-state index is -0.565. The molecule has 5 heteroatoms. The number of anilines is 1. The maximum Gasteiger partial charge on any atom is 0.408 e. The molecule has 0 fully saturated rings. The second-order valence-corrected chi connectivity index (χ2v) is 4.52. The summed E-state index contributed by atoms with van der Waals surface area (Å²) in [5, 5.41) is 5.71. The van der Waals surface area contributed by atoms with E-state index in [1.54, 1.807) is 0 Å². The van der Waals surface area contributed by atoms with Gasteiger partial charge in [-0.05, 0) is 12.1 Å². The minimum absolute atomic E-state index is 0.0699. The molecule has 1 atom stereocenters. The molecule has 19 heavy (non-hydrogen) atoms. The van der Waals surface area contributed by atoms with Gasteiger partial charge >= 0.3 is 6.09 Å². The predicted octanol–water partition coefficient (Wildman–Crippen LogP) is 2.40. The molecule has 1 rings (SSSR count). The zero-order valence-electron chi connectivity index (χ0n) is 11.5. The summed E-state index contributed by atoms with van der Waals surface area (Å²) >= 11 is 0. The zero-order valence-corrected chi connectivity index (χ0v) is 11.5. The van der Waals surface area contributed by atoms with Gasteiger partial charge in [0, 0.05) is 18.0 Å². The van der Waals surface area contributed by atoms with E-state index < -0.39 is 12.3 Å². The molecule has 0 unspecified atom stereocenters. The maximum atomic E-state index is 11.8. The van der Waals surface area contributed by atoms with E-state index in [9.17, 15) is 9.59 Å². The molecule has 0 saturated carbocycles. The molecule has 0 saturated heterocycles. The van der Waals surface area contributed by atoms with Crippen LogP contribution in [-0.4, -0.2) is 25.2 Å². The van der Waals surface area contributed by atoms with Crippen molar-refractivity contribution in [3.8, 4) is 0 Å². The number of carbonyl (C=O) groups is 2. The van der Waals surface area contributed by atoms with Crippen LogP contribution in [0.1, 0.15) is 20.3 Å². The number of nitrogens with one attached hydrogen (secondary N) is 2. The number of hydrogen-bond donors (Lipinski definition) is 2. The van der Waals surface area contributed by atoms with E-state index in [4.69, 9.17) is 0 Å². The van der Waals surface area contributed by atoms with E-state index in [1.807, 2.05) is 44.2 Å². The van der Waals surface area contributed by atoms with Crippen LogP contribution in [0.25, 0.3) is 0 Å². The third-order valence-electron chi connectivity index (χ3n) is 2.64. The van der Waals surface area contributed by atoms with Crippen LogP contribution >= 0.6 is 0 Å². The summed E-state index contributed by atoms with van der Waals surface area (Å²) < 4.78 is 4.56. The van der Waals surface area contributed by atoms with E-state index >= 15 is 0 Å². The van der Waals surface area contributed by atoms with Crippen LogP contribution in [0.5, 0.6) is 0 Å². The van der Waals surface area contributed by atoms with Crippen LogP contribution in [-0.2, 0) is 9.53 Å². The van der Waals surface area contributed by atoms with Crippen molar-refractivity contribution in [2.75, 3.05) is 12.4 Å². The van der Waals surface area contributed by atoms with E-state index in [2.05, 4.69) is 15.4 Å². The minimum Gasteiger partial charge on any atom is -0.453 e. The van der Waals surface area contributed by atoms with Crippen molar-refractivity contribution < 1.29 is 14.3 Å². The van der Waals surface area contributed by atoms with Gasteiger partial charge in [-0.15, -0.1) is 0 Å². The summed E-state index contributed by atoms with van der Waals surface area (Å²) in [6, 6.07) is 9.38. The highest BCUT2D eigenvalue weighted by Gasteiger charge is 2.18. The maximum absolute atomic E-state index is 11.8. The number of carbonyl (C=O) groups excluding carboxylic acids is 2. The van der Waals surface area contributed by atoms with Crippen LogP contribution in [0, 0.1) is 5.92 Å². The molecule has 1 aromatic rings. The first-order chi connectivity index (χ1) is 9.02. The van der Waals surface area contributed by atoms with Gasteiger partial charge in [0.15, 0.2) is 0 Å². The van der Waals surface area contributed by atoms with Crippen LogP contribution in [0.4, 0.5) is 10.5 Å². The number of Topliss-reactive ketones (excluding diaryl/α,β-unsaturated/α-hetero) is 1. The summed E-state index contributed by atoms with van der Waals surface area (Å²) in [7, 11) is 1.29. The third kappa shape index (κ3) is 5.42. The van der Waals surface area contributed by atoms with Gasteiger partial charge in [-0.1, -0.05) is 32.0 Å². The molecule has 2 N–H and O–H groups in total. The second-order valence-electron chi connectivity index (χ2n) is 4.52. The molecule has 0 aromatic heterocycles. The molecule has 0 bridgehead atoms. The smallest absolute Gasteiger partial charge is 0.408 e. The highest BCUT2D eigenvalue weighted by atomic mass is 16.5. The Bertz CT molecular complexity index is 418. The molecule has 5 nitrogen and oxygen atoms in total. The standard InChI is InChI=1S/C14H20N2O3/c1-10(2)12(17)9-13(16-14(18)19-3)15-11-7-5-4-6-8-11/h4-8,10,13,15H,9H2,1-3H3,(H,16,18)/t13-/m0/s1. The lowest BCUT2D eigenvalue weighted by molar-refractivity contribution is -0.122. The normalized spacial score (nSPS) is 11.8. The summed E-state index contributed by atoms with van der Waals surface area (Å²) in [5.41, 5.74) is 0.834. The molecule has 0 aliphatic rings. The van der Waals surface area contributed by atoms with Crippen LogP contribution < -0.4 is 10.6 Å². The molecule has 1 amide bonds. The summed E-state index contributed by atoms with van der Waals surface area (Å²) in [6.07, 6.45) is -0.837. The Kier molecular flexibility index (Phi) is 5.85. The van der Waals surface area contributed by atoms with Crippen molar-refractivity contribution in [1.82, 2.24) is 5.32 Å². The lowest BCUT2D eigenvalue weighted by atomic mass is 10.0. The lowest BCUT2D eigenvalue weighted by Crippen LogP contribution is -2.42. The molecular weight excluding hydrogens is 244 g/mol.